The van der Waals surface area contributed by atoms with Crippen molar-refractivity contribution < 1.29 is 28.5 Å². The number of pyridine rings is 1. The third-order valence-corrected chi connectivity index (χ3v) is 8.70. The summed E-state index contributed by atoms with van der Waals surface area (Å²) in [7, 11) is 3.10. The van der Waals surface area contributed by atoms with Crippen molar-refractivity contribution in [3.05, 3.63) is 46.4 Å². The number of methoxy groups -OCH3 is 2. The van der Waals surface area contributed by atoms with E-state index in [0.717, 1.165) is 80.7 Å². The van der Waals surface area contributed by atoms with Crippen LogP contribution in [0.15, 0.2) is 18.2 Å². The molecule has 4 rings (SSSR count). The van der Waals surface area contributed by atoms with Crippen molar-refractivity contribution in [3.63, 3.8) is 0 Å². The van der Waals surface area contributed by atoms with Crippen LogP contribution in [-0.2, 0) is 27.8 Å². The number of carboxylic acid groups (broad SMARTS) is 1. The number of carboxylic acids is 1. The van der Waals surface area contributed by atoms with Gasteiger partial charge in [-0.15, -0.1) is 0 Å². The number of hydrogen-bond donors (Lipinski definition) is 2. The number of aromatic nitrogens is 1. The van der Waals surface area contributed by atoms with Crippen LogP contribution in [0.5, 0.6) is 11.5 Å². The largest absolute Gasteiger partial charge is 0.496 e. The third-order valence-electron chi connectivity index (χ3n) is 8.70. The Morgan fingerprint density at radius 2 is 2.02 bits per heavy atom. The van der Waals surface area contributed by atoms with Gasteiger partial charge in [-0.3, -0.25) is 9.69 Å². The van der Waals surface area contributed by atoms with Gasteiger partial charge in [-0.2, -0.15) is 0 Å². The lowest BCUT2D eigenvalue weighted by Crippen LogP contribution is -2.34. The normalized spacial score (nSPS) is 18.0. The molecule has 2 atom stereocenters. The fourth-order valence-electron chi connectivity index (χ4n) is 5.84. The van der Waals surface area contributed by atoms with Crippen LogP contribution in [0.2, 0.25) is 0 Å². The van der Waals surface area contributed by atoms with Crippen LogP contribution in [0.25, 0.3) is 0 Å². The Bertz CT molecular complexity index is 1190. The van der Waals surface area contributed by atoms with E-state index in [9.17, 15) is 9.90 Å². The van der Waals surface area contributed by atoms with Gasteiger partial charge in [0.2, 0.25) is 0 Å². The van der Waals surface area contributed by atoms with Crippen molar-refractivity contribution in [1.29, 1.82) is 0 Å². The number of aliphatic carboxylic acids is 1. The molecule has 0 spiro atoms. The number of halogens is 1. The number of rotatable bonds is 14. The second-order valence-electron chi connectivity index (χ2n) is 11.8. The number of nitrogens with zero attached hydrogens (tertiary/aromatic N) is 2. The summed E-state index contributed by atoms with van der Waals surface area (Å²) in [5.74, 6) is 0.337. The van der Waals surface area contributed by atoms with Crippen LogP contribution in [0.1, 0.15) is 87.7 Å². The minimum Gasteiger partial charge on any atom is -0.496 e. The summed E-state index contributed by atoms with van der Waals surface area (Å²) in [6, 6.07) is 4.34. The van der Waals surface area contributed by atoms with Crippen LogP contribution >= 0.6 is 0 Å². The molecule has 0 unspecified atom stereocenters. The number of ether oxygens (including phenoxy) is 3. The first kappa shape index (κ1) is 31.0. The quantitative estimate of drug-likeness (QED) is 0.270. The Morgan fingerprint density at radius 1 is 1.22 bits per heavy atom. The first-order chi connectivity index (χ1) is 19.7. The van der Waals surface area contributed by atoms with Gasteiger partial charge >= 0.3 is 5.97 Å². The molecule has 0 aliphatic carbocycles. The number of nitrogens with one attached hydrogen (secondary N) is 1. The Kier molecular flexibility index (Phi) is 10.5. The smallest absolute Gasteiger partial charge is 0.325 e. The first-order valence-electron chi connectivity index (χ1n) is 15.0. The lowest BCUT2D eigenvalue weighted by molar-refractivity contribution is -0.143. The van der Waals surface area contributed by atoms with Gasteiger partial charge in [0, 0.05) is 49.1 Å². The number of anilines is 1. The lowest BCUT2D eigenvalue weighted by atomic mass is 9.80. The van der Waals surface area contributed by atoms with E-state index >= 15 is 4.39 Å². The molecule has 2 N–H and O–H groups in total. The maximum Gasteiger partial charge on any atom is 0.325 e. The van der Waals surface area contributed by atoms with Crippen molar-refractivity contribution in [2.75, 3.05) is 45.8 Å². The number of carbonyl (C=O) groups is 1. The standard InChI is InChI=1S/C32H46FN3O5/c1-6-32(2,3)21-17-25(29(40-5)26(33)18-21)28(31(37)38)36-15-13-23(20-36)41-16-9-7-8-11-22-19-27(39-4)24-12-10-14-34-30(24)35-22/h17-19,23,28H,6-16,20H2,1-5H3,(H,34,35)(H,37,38)/t23-,28-/m1/s1. The predicted molar refractivity (Wildman–Crippen MR) is 158 cm³/mol. The number of unbranched alkanes of at least 4 members (excludes halogenated alkanes) is 2. The summed E-state index contributed by atoms with van der Waals surface area (Å²) in [6.07, 6.45) is 7.39. The van der Waals surface area contributed by atoms with E-state index in [2.05, 4.69) is 11.4 Å². The molecule has 226 valence electrons. The minimum atomic E-state index is -1.02. The molecule has 1 aromatic heterocycles. The second-order valence-corrected chi connectivity index (χ2v) is 11.8. The molecule has 9 heteroatoms. The minimum absolute atomic E-state index is 0.000705. The molecule has 0 radical (unpaired) electrons. The molecule has 1 aromatic carbocycles. The maximum atomic E-state index is 15.1. The molecule has 1 fully saturated rings. The van der Waals surface area contributed by atoms with Gasteiger partial charge in [0.1, 0.15) is 17.6 Å². The number of benzene rings is 1. The van der Waals surface area contributed by atoms with Gasteiger partial charge in [-0.05, 0) is 68.1 Å². The monoisotopic (exact) mass is 571 g/mol. The summed E-state index contributed by atoms with van der Waals surface area (Å²) in [6.45, 7) is 8.72. The summed E-state index contributed by atoms with van der Waals surface area (Å²) in [4.78, 5) is 19.2. The fourth-order valence-corrected chi connectivity index (χ4v) is 5.84. The Morgan fingerprint density at radius 3 is 2.73 bits per heavy atom. The zero-order chi connectivity index (χ0) is 29.6. The second kappa shape index (κ2) is 13.8. The van der Waals surface area contributed by atoms with Crippen molar-refractivity contribution in [1.82, 2.24) is 9.88 Å². The number of hydrogen-bond acceptors (Lipinski definition) is 7. The van der Waals surface area contributed by atoms with Crippen molar-refractivity contribution in [3.8, 4) is 11.5 Å². The molecule has 41 heavy (non-hydrogen) atoms. The van der Waals surface area contributed by atoms with E-state index in [1.807, 2.05) is 25.7 Å². The summed E-state index contributed by atoms with van der Waals surface area (Å²) in [5.41, 5.74) is 3.06. The number of fused-ring (bicyclic) bond motifs is 1. The van der Waals surface area contributed by atoms with Crippen LogP contribution in [0.3, 0.4) is 0 Å². The highest BCUT2D eigenvalue weighted by Crippen LogP contribution is 2.39. The SMILES string of the molecule is CCC(C)(C)c1cc(F)c(OC)c([C@H](C(=O)O)N2CC[C@@H](OCCCCCc3cc(OC)c4c(n3)NCCC4)C2)c1. The Balaban J connectivity index is 1.30. The fraction of sp³-hybridized carbons (Fsp3) is 0.625. The highest BCUT2D eigenvalue weighted by atomic mass is 19.1. The number of likely N-dealkylation sites (tertiary alicyclic amines) is 1. The zero-order valence-electron chi connectivity index (χ0n) is 25.2. The van der Waals surface area contributed by atoms with Gasteiger partial charge in [-0.25, -0.2) is 9.37 Å². The average molecular weight is 572 g/mol. The van der Waals surface area contributed by atoms with Crippen LogP contribution in [0.4, 0.5) is 10.2 Å². The van der Waals surface area contributed by atoms with Crippen molar-refractivity contribution in [2.45, 2.75) is 89.7 Å². The molecule has 3 heterocycles. The Hall–Kier alpha value is -2.91. The summed E-state index contributed by atoms with van der Waals surface area (Å²) < 4.78 is 32.2. The van der Waals surface area contributed by atoms with E-state index in [0.29, 0.717) is 25.3 Å². The van der Waals surface area contributed by atoms with E-state index in [1.165, 1.54) is 18.7 Å². The average Bonchev–Trinajstić information content (AvgIpc) is 3.42. The van der Waals surface area contributed by atoms with Crippen LogP contribution < -0.4 is 14.8 Å². The van der Waals surface area contributed by atoms with Gasteiger partial charge in [0.05, 0.1) is 20.3 Å². The van der Waals surface area contributed by atoms with Gasteiger partial charge in [-0.1, -0.05) is 27.2 Å². The van der Waals surface area contributed by atoms with Crippen molar-refractivity contribution >= 4 is 11.8 Å². The maximum absolute atomic E-state index is 15.1. The molecule has 0 amide bonds. The van der Waals surface area contributed by atoms with Crippen LogP contribution in [0, 0.1) is 5.82 Å². The molecule has 1 saturated heterocycles. The molecule has 0 saturated carbocycles. The molecule has 0 bridgehead atoms. The topological polar surface area (TPSA) is 93.2 Å². The van der Waals surface area contributed by atoms with Crippen molar-refractivity contribution in [2.24, 2.45) is 0 Å². The van der Waals surface area contributed by atoms with E-state index < -0.39 is 17.8 Å². The molecule has 2 aromatic rings. The lowest BCUT2D eigenvalue weighted by Gasteiger charge is -2.29. The summed E-state index contributed by atoms with van der Waals surface area (Å²) >= 11 is 0. The van der Waals surface area contributed by atoms with Crippen LogP contribution in [-0.4, -0.2) is 67.5 Å². The third kappa shape index (κ3) is 7.30. The van der Waals surface area contributed by atoms with E-state index in [4.69, 9.17) is 19.2 Å². The molecule has 2 aliphatic heterocycles. The first-order valence-corrected chi connectivity index (χ1v) is 15.0. The zero-order valence-corrected chi connectivity index (χ0v) is 25.2. The van der Waals surface area contributed by atoms with E-state index in [1.54, 1.807) is 13.2 Å². The summed E-state index contributed by atoms with van der Waals surface area (Å²) in [5, 5.41) is 13.6. The van der Waals surface area contributed by atoms with Gasteiger partial charge in [0.15, 0.2) is 11.6 Å². The predicted octanol–water partition coefficient (Wildman–Crippen LogP) is 5.91. The molecular weight excluding hydrogens is 525 g/mol. The molecular formula is C32H46FN3O5. The van der Waals surface area contributed by atoms with Gasteiger partial charge < -0.3 is 24.6 Å². The van der Waals surface area contributed by atoms with Gasteiger partial charge in [0.25, 0.3) is 0 Å². The van der Waals surface area contributed by atoms with E-state index in [-0.39, 0.29) is 17.3 Å². The highest BCUT2D eigenvalue weighted by Gasteiger charge is 2.37. The Labute approximate surface area is 243 Å². The molecule has 2 aliphatic rings. The highest BCUT2D eigenvalue weighted by molar-refractivity contribution is 5.77. The molecule has 8 nitrogen and oxygen atoms in total. The number of aryl methyl sites for hydroxylation is 1.